The Morgan fingerprint density at radius 1 is 1.53 bits per heavy atom. The highest BCUT2D eigenvalue weighted by Crippen LogP contribution is 2.31. The lowest BCUT2D eigenvalue weighted by molar-refractivity contribution is -0.123. The summed E-state index contributed by atoms with van der Waals surface area (Å²) in [5.74, 6) is 0.573. The van der Waals surface area contributed by atoms with E-state index in [0.29, 0.717) is 13.2 Å². The fourth-order valence-electron chi connectivity index (χ4n) is 2.21. The average molecular weight is 264 g/mol. The van der Waals surface area contributed by atoms with Crippen molar-refractivity contribution in [3.8, 4) is 5.75 Å². The minimum absolute atomic E-state index is 0.0224. The van der Waals surface area contributed by atoms with Gasteiger partial charge in [0.2, 0.25) is 0 Å². The maximum absolute atomic E-state index is 11.5. The summed E-state index contributed by atoms with van der Waals surface area (Å²) in [6.07, 6.45) is 1.96. The molecule has 3 N–H and O–H groups in total. The molecule has 1 amide bonds. The Morgan fingerprint density at radius 2 is 2.37 bits per heavy atom. The van der Waals surface area contributed by atoms with Crippen LogP contribution in [0.2, 0.25) is 0 Å². The van der Waals surface area contributed by atoms with Gasteiger partial charge in [0.05, 0.1) is 6.61 Å². The number of aryl methyl sites for hydroxylation is 1. The molecule has 0 radical (unpaired) electrons. The van der Waals surface area contributed by atoms with E-state index < -0.39 is 0 Å². The van der Waals surface area contributed by atoms with Crippen LogP contribution in [0.25, 0.3) is 0 Å². The van der Waals surface area contributed by atoms with Gasteiger partial charge in [-0.25, -0.2) is 0 Å². The fourth-order valence-corrected chi connectivity index (χ4v) is 2.21. The van der Waals surface area contributed by atoms with Gasteiger partial charge >= 0.3 is 0 Å². The van der Waals surface area contributed by atoms with E-state index in [0.717, 1.165) is 18.6 Å². The third-order valence-electron chi connectivity index (χ3n) is 3.24. The molecular weight excluding hydrogens is 244 g/mol. The van der Waals surface area contributed by atoms with Crippen molar-refractivity contribution >= 4 is 5.91 Å². The van der Waals surface area contributed by atoms with Gasteiger partial charge < -0.3 is 20.5 Å². The number of benzene rings is 1. The van der Waals surface area contributed by atoms with Gasteiger partial charge in [0, 0.05) is 19.7 Å². The quantitative estimate of drug-likeness (QED) is 0.744. The number of hydrogen-bond acceptors (Lipinski definition) is 4. The Balaban J connectivity index is 1.82. The Hall–Kier alpha value is -1.59. The first-order chi connectivity index (χ1) is 9.20. The second-order valence-electron chi connectivity index (χ2n) is 4.64. The summed E-state index contributed by atoms with van der Waals surface area (Å²) in [6, 6.07) is 5.98. The predicted octanol–water partition coefficient (Wildman–Crippen LogP) is 0.774. The van der Waals surface area contributed by atoms with E-state index in [2.05, 4.69) is 5.32 Å². The molecule has 0 spiro atoms. The van der Waals surface area contributed by atoms with Crippen LogP contribution >= 0.6 is 0 Å². The van der Waals surface area contributed by atoms with Crippen molar-refractivity contribution < 1.29 is 14.3 Å². The van der Waals surface area contributed by atoms with E-state index in [1.165, 1.54) is 11.1 Å². The summed E-state index contributed by atoms with van der Waals surface area (Å²) < 4.78 is 10.3. The van der Waals surface area contributed by atoms with E-state index in [-0.39, 0.29) is 18.6 Å². The number of carbonyl (C=O) groups is 1. The molecule has 1 aliphatic rings. The number of ether oxygens (including phenoxy) is 2. The molecule has 2 rings (SSSR count). The van der Waals surface area contributed by atoms with Crippen molar-refractivity contribution in [2.75, 3.05) is 26.9 Å². The van der Waals surface area contributed by atoms with Crippen LogP contribution in [-0.4, -0.2) is 32.8 Å². The Morgan fingerprint density at radius 3 is 3.16 bits per heavy atom. The number of methoxy groups -OCH3 is 1. The highest BCUT2D eigenvalue weighted by molar-refractivity contribution is 5.77. The monoisotopic (exact) mass is 264 g/mol. The lowest BCUT2D eigenvalue weighted by Gasteiger charge is -2.09. The molecule has 0 aliphatic heterocycles. The molecule has 0 fully saturated rings. The number of carbonyl (C=O) groups excluding carboxylic acids is 1. The van der Waals surface area contributed by atoms with Gasteiger partial charge in [-0.15, -0.1) is 0 Å². The van der Waals surface area contributed by atoms with Crippen LogP contribution in [0.1, 0.15) is 23.6 Å². The summed E-state index contributed by atoms with van der Waals surface area (Å²) in [4.78, 5) is 11.5. The van der Waals surface area contributed by atoms with Gasteiger partial charge in [0.1, 0.15) is 5.75 Å². The van der Waals surface area contributed by atoms with Gasteiger partial charge in [-0.05, 0) is 36.1 Å². The van der Waals surface area contributed by atoms with E-state index in [1.54, 1.807) is 7.11 Å². The Kier molecular flexibility index (Phi) is 4.76. The fraction of sp³-hybridized carbons (Fsp3) is 0.500. The summed E-state index contributed by atoms with van der Waals surface area (Å²) in [5.41, 5.74) is 8.39. The topological polar surface area (TPSA) is 73.6 Å². The van der Waals surface area contributed by atoms with E-state index in [4.69, 9.17) is 15.2 Å². The number of hydrogen-bond donors (Lipinski definition) is 2. The summed E-state index contributed by atoms with van der Waals surface area (Å²) in [5, 5.41) is 2.70. The molecule has 104 valence electrons. The molecule has 1 unspecified atom stereocenters. The minimum Gasteiger partial charge on any atom is -0.484 e. The maximum Gasteiger partial charge on any atom is 0.258 e. The number of rotatable bonds is 6. The lowest BCUT2D eigenvalue weighted by atomic mass is 10.1. The Labute approximate surface area is 113 Å². The molecule has 1 aliphatic carbocycles. The zero-order valence-corrected chi connectivity index (χ0v) is 11.1. The number of nitrogens with two attached hydrogens (primary N) is 1. The third-order valence-corrected chi connectivity index (χ3v) is 3.24. The van der Waals surface area contributed by atoms with Gasteiger partial charge in [-0.2, -0.15) is 0 Å². The molecule has 5 heteroatoms. The van der Waals surface area contributed by atoms with Crippen LogP contribution in [0.4, 0.5) is 0 Å². The minimum atomic E-state index is -0.144. The van der Waals surface area contributed by atoms with Crippen LogP contribution in [0.3, 0.4) is 0 Å². The molecule has 0 aromatic heterocycles. The molecule has 1 aromatic rings. The lowest BCUT2D eigenvalue weighted by Crippen LogP contribution is -2.31. The number of nitrogens with one attached hydrogen (secondary N) is 1. The first-order valence-electron chi connectivity index (χ1n) is 6.47. The van der Waals surface area contributed by atoms with Crippen LogP contribution in [0.5, 0.6) is 5.75 Å². The van der Waals surface area contributed by atoms with Crippen molar-refractivity contribution in [3.63, 3.8) is 0 Å². The molecule has 0 bridgehead atoms. The number of fused-ring (bicyclic) bond motifs is 1. The summed E-state index contributed by atoms with van der Waals surface area (Å²) in [6.45, 7) is 1.02. The Bertz CT molecular complexity index is 448. The number of amides is 1. The highest BCUT2D eigenvalue weighted by atomic mass is 16.5. The molecule has 0 heterocycles. The molecular formula is C14H20N2O3. The van der Waals surface area contributed by atoms with Crippen molar-refractivity contribution in [3.05, 3.63) is 29.3 Å². The summed E-state index contributed by atoms with van der Waals surface area (Å²) in [7, 11) is 1.60. The largest absolute Gasteiger partial charge is 0.484 e. The van der Waals surface area contributed by atoms with E-state index in [1.807, 2.05) is 18.2 Å². The molecule has 0 saturated heterocycles. The van der Waals surface area contributed by atoms with Gasteiger partial charge in [-0.3, -0.25) is 4.79 Å². The van der Waals surface area contributed by atoms with E-state index in [9.17, 15) is 4.79 Å². The standard InChI is InChI=1S/C14H20N2O3/c1-18-7-6-16-14(17)9-19-11-3-4-12-10(8-11)2-5-13(12)15/h3-4,8,13H,2,5-7,9,15H2,1H3,(H,16,17). The average Bonchev–Trinajstić information content (AvgIpc) is 2.78. The van der Waals surface area contributed by atoms with Gasteiger partial charge in [0.15, 0.2) is 6.61 Å². The van der Waals surface area contributed by atoms with Crippen molar-refractivity contribution in [2.45, 2.75) is 18.9 Å². The van der Waals surface area contributed by atoms with Gasteiger partial charge in [0.25, 0.3) is 5.91 Å². The zero-order valence-electron chi connectivity index (χ0n) is 11.1. The van der Waals surface area contributed by atoms with Crippen molar-refractivity contribution in [1.82, 2.24) is 5.32 Å². The third kappa shape index (κ3) is 3.68. The second-order valence-corrected chi connectivity index (χ2v) is 4.64. The molecule has 1 atom stereocenters. The maximum atomic E-state index is 11.5. The first-order valence-corrected chi connectivity index (χ1v) is 6.47. The zero-order chi connectivity index (χ0) is 13.7. The van der Waals surface area contributed by atoms with Crippen LogP contribution < -0.4 is 15.8 Å². The molecule has 1 aromatic carbocycles. The predicted molar refractivity (Wildman–Crippen MR) is 72.1 cm³/mol. The smallest absolute Gasteiger partial charge is 0.258 e. The molecule has 19 heavy (non-hydrogen) atoms. The van der Waals surface area contributed by atoms with Crippen LogP contribution in [0, 0.1) is 0 Å². The van der Waals surface area contributed by atoms with Gasteiger partial charge in [-0.1, -0.05) is 6.07 Å². The van der Waals surface area contributed by atoms with Crippen molar-refractivity contribution in [2.24, 2.45) is 5.73 Å². The van der Waals surface area contributed by atoms with E-state index >= 15 is 0 Å². The summed E-state index contributed by atoms with van der Waals surface area (Å²) >= 11 is 0. The molecule has 0 saturated carbocycles. The second kappa shape index (κ2) is 6.54. The molecule has 5 nitrogen and oxygen atoms in total. The van der Waals surface area contributed by atoms with Crippen LogP contribution in [-0.2, 0) is 16.0 Å². The van der Waals surface area contributed by atoms with Crippen LogP contribution in [0.15, 0.2) is 18.2 Å². The van der Waals surface area contributed by atoms with Crippen molar-refractivity contribution in [1.29, 1.82) is 0 Å². The normalized spacial score (nSPS) is 17.1. The SMILES string of the molecule is COCCNC(=O)COc1ccc2c(c1)CCC2N. The highest BCUT2D eigenvalue weighted by Gasteiger charge is 2.19. The first kappa shape index (κ1) is 13.8.